The van der Waals surface area contributed by atoms with E-state index in [0.29, 0.717) is 26.3 Å². The third-order valence-electron chi connectivity index (χ3n) is 4.45. The van der Waals surface area contributed by atoms with Gasteiger partial charge in [-0.25, -0.2) is 0 Å². The fourth-order valence-corrected chi connectivity index (χ4v) is 3.44. The Morgan fingerprint density at radius 2 is 1.81 bits per heavy atom. The predicted octanol–water partition coefficient (Wildman–Crippen LogP) is 5.73. The molecule has 0 aliphatic carbocycles. The lowest BCUT2D eigenvalue weighted by Crippen LogP contribution is -2.31. The number of non-ortho nitro benzene ring substituents is 1. The van der Waals surface area contributed by atoms with Crippen molar-refractivity contribution in [2.75, 3.05) is 5.32 Å². The van der Waals surface area contributed by atoms with Crippen molar-refractivity contribution in [3.8, 4) is 0 Å². The number of hydrogen-bond donors (Lipinski definition) is 2. The molecule has 9 heteroatoms. The minimum atomic E-state index is -0.609. The number of hydrogen-bond acceptors (Lipinski definition) is 4. The van der Waals surface area contributed by atoms with E-state index in [1.54, 1.807) is 55.5 Å². The Bertz CT molecular complexity index is 1240. The Balaban J connectivity index is 1.98. The van der Waals surface area contributed by atoms with Gasteiger partial charge < -0.3 is 10.6 Å². The summed E-state index contributed by atoms with van der Waals surface area (Å²) in [5, 5.41) is 16.9. The molecule has 0 heterocycles. The number of amides is 2. The molecule has 0 aliphatic rings. The summed E-state index contributed by atoms with van der Waals surface area (Å²) in [5.74, 6) is -1.13. The van der Waals surface area contributed by atoms with Crippen LogP contribution in [0.1, 0.15) is 21.5 Å². The number of halogens is 2. The van der Waals surface area contributed by atoms with Crippen LogP contribution in [0, 0.1) is 17.0 Å². The molecule has 7 nitrogen and oxygen atoms in total. The Morgan fingerprint density at radius 3 is 2.53 bits per heavy atom. The molecule has 0 saturated heterocycles. The number of anilines is 1. The summed E-state index contributed by atoms with van der Waals surface area (Å²) >= 11 is 9.35. The van der Waals surface area contributed by atoms with Crippen molar-refractivity contribution in [1.82, 2.24) is 5.32 Å². The summed E-state index contributed by atoms with van der Waals surface area (Å²) in [7, 11) is 0. The highest BCUT2D eigenvalue weighted by Crippen LogP contribution is 2.22. The molecule has 2 N–H and O–H groups in total. The van der Waals surface area contributed by atoms with Crippen molar-refractivity contribution in [2.45, 2.75) is 6.92 Å². The second kappa shape index (κ2) is 10.2. The molecular weight excluding hydrogens is 498 g/mol. The van der Waals surface area contributed by atoms with E-state index in [1.807, 2.05) is 0 Å². The molecule has 2 amide bonds. The van der Waals surface area contributed by atoms with Crippen molar-refractivity contribution in [3.05, 3.63) is 109 Å². The van der Waals surface area contributed by atoms with E-state index in [2.05, 4.69) is 26.6 Å². The van der Waals surface area contributed by atoms with Gasteiger partial charge in [0.2, 0.25) is 0 Å². The van der Waals surface area contributed by atoms with Gasteiger partial charge in [0.25, 0.3) is 17.5 Å². The molecule has 0 atom stereocenters. The summed E-state index contributed by atoms with van der Waals surface area (Å²) in [4.78, 5) is 36.5. The van der Waals surface area contributed by atoms with E-state index < -0.39 is 16.7 Å². The molecule has 0 fully saturated rings. The van der Waals surface area contributed by atoms with Gasteiger partial charge >= 0.3 is 0 Å². The summed E-state index contributed by atoms with van der Waals surface area (Å²) < 4.78 is 0.554. The topological polar surface area (TPSA) is 101 Å². The lowest BCUT2D eigenvalue weighted by molar-refractivity contribution is -0.384. The number of carbonyl (C=O) groups is 2. The maximum atomic E-state index is 13.1. The summed E-state index contributed by atoms with van der Waals surface area (Å²) in [6.45, 7) is 1.80. The predicted molar refractivity (Wildman–Crippen MR) is 128 cm³/mol. The molecule has 0 aromatic heterocycles. The monoisotopic (exact) mass is 513 g/mol. The first-order valence-electron chi connectivity index (χ1n) is 9.34. The van der Waals surface area contributed by atoms with Gasteiger partial charge in [-0.15, -0.1) is 0 Å². The summed E-state index contributed by atoms with van der Waals surface area (Å²) in [5.41, 5.74) is 1.72. The van der Waals surface area contributed by atoms with E-state index in [0.717, 1.165) is 5.56 Å². The first-order chi connectivity index (χ1) is 15.2. The Kier molecular flexibility index (Phi) is 7.40. The number of nitro groups is 1. The average Bonchev–Trinajstić information content (AvgIpc) is 2.76. The van der Waals surface area contributed by atoms with E-state index in [1.165, 1.54) is 24.3 Å². The Labute approximate surface area is 197 Å². The van der Waals surface area contributed by atoms with Crippen LogP contribution in [-0.4, -0.2) is 16.7 Å². The van der Waals surface area contributed by atoms with Crippen molar-refractivity contribution < 1.29 is 14.5 Å². The van der Waals surface area contributed by atoms with Crippen molar-refractivity contribution in [2.24, 2.45) is 0 Å². The minimum absolute atomic E-state index is 0.0920. The van der Waals surface area contributed by atoms with Crippen molar-refractivity contribution in [3.63, 3.8) is 0 Å². The highest BCUT2D eigenvalue weighted by atomic mass is 79.9. The number of carbonyl (C=O) groups excluding carboxylic acids is 2. The third-order valence-corrected chi connectivity index (χ3v) is 5.38. The fourth-order valence-electron chi connectivity index (χ4n) is 2.81. The lowest BCUT2D eigenvalue weighted by Gasteiger charge is -2.13. The van der Waals surface area contributed by atoms with Gasteiger partial charge in [0.1, 0.15) is 5.70 Å². The van der Waals surface area contributed by atoms with E-state index in [4.69, 9.17) is 11.6 Å². The molecule has 162 valence electrons. The van der Waals surface area contributed by atoms with Crippen LogP contribution >= 0.6 is 27.5 Å². The number of nitrogens with one attached hydrogen (secondary N) is 2. The normalized spacial score (nSPS) is 11.0. The minimum Gasteiger partial charge on any atom is -0.320 e. The Hall–Kier alpha value is -3.49. The van der Waals surface area contributed by atoms with Crippen LogP contribution in [-0.2, 0) is 4.79 Å². The largest absolute Gasteiger partial charge is 0.320 e. The van der Waals surface area contributed by atoms with Gasteiger partial charge in [0.05, 0.1) is 10.5 Å². The quantitative estimate of drug-likeness (QED) is 0.249. The second-order valence-electron chi connectivity index (χ2n) is 6.76. The maximum Gasteiger partial charge on any atom is 0.272 e. The number of nitro benzene ring substituents is 1. The van der Waals surface area contributed by atoms with E-state index in [9.17, 15) is 19.7 Å². The zero-order valence-corrected chi connectivity index (χ0v) is 19.1. The molecule has 3 aromatic rings. The van der Waals surface area contributed by atoms with E-state index >= 15 is 0 Å². The van der Waals surface area contributed by atoms with Crippen molar-refractivity contribution in [1.29, 1.82) is 0 Å². The van der Waals surface area contributed by atoms with E-state index in [-0.39, 0.29) is 11.4 Å². The zero-order valence-electron chi connectivity index (χ0n) is 16.8. The van der Waals surface area contributed by atoms with Crippen LogP contribution in [0.25, 0.3) is 6.08 Å². The number of aryl methyl sites for hydroxylation is 1. The molecule has 0 bridgehead atoms. The van der Waals surface area contributed by atoms with Gasteiger partial charge in [-0.2, -0.15) is 0 Å². The van der Waals surface area contributed by atoms with Gasteiger partial charge in [-0.05, 0) is 64.3 Å². The number of nitrogens with zero attached hydrogens (tertiary/aromatic N) is 1. The summed E-state index contributed by atoms with van der Waals surface area (Å²) in [6.07, 6.45) is 1.37. The van der Waals surface area contributed by atoms with Crippen LogP contribution in [0.2, 0.25) is 5.02 Å². The van der Waals surface area contributed by atoms with Gasteiger partial charge in [-0.3, -0.25) is 19.7 Å². The molecular formula is C23H17BrClN3O4. The molecule has 0 radical (unpaired) electrons. The SMILES string of the molecule is Cc1ccc(Cl)cc1NC(=O)C(=Cc1cccc([N+](=O)[O-])c1)NC(=O)c1ccccc1Br. The maximum absolute atomic E-state index is 13.1. The molecule has 0 spiro atoms. The molecule has 3 aromatic carbocycles. The third kappa shape index (κ3) is 5.81. The zero-order chi connectivity index (χ0) is 23.3. The van der Waals surface area contributed by atoms with Crippen LogP contribution in [0.5, 0.6) is 0 Å². The first-order valence-corrected chi connectivity index (χ1v) is 10.5. The molecule has 0 aliphatic heterocycles. The van der Waals surface area contributed by atoms with Crippen LogP contribution in [0.4, 0.5) is 11.4 Å². The number of rotatable bonds is 6. The molecule has 0 unspecified atom stereocenters. The van der Waals surface area contributed by atoms with Crippen LogP contribution < -0.4 is 10.6 Å². The summed E-state index contributed by atoms with van der Waals surface area (Å²) in [6, 6.07) is 17.5. The smallest absolute Gasteiger partial charge is 0.272 e. The van der Waals surface area contributed by atoms with Gasteiger partial charge in [0.15, 0.2) is 0 Å². The van der Waals surface area contributed by atoms with Crippen LogP contribution in [0.15, 0.2) is 76.9 Å². The lowest BCUT2D eigenvalue weighted by atomic mass is 10.1. The fraction of sp³-hybridized carbons (Fsp3) is 0.0435. The van der Waals surface area contributed by atoms with Gasteiger partial charge in [0, 0.05) is 27.3 Å². The highest BCUT2D eigenvalue weighted by Gasteiger charge is 2.18. The highest BCUT2D eigenvalue weighted by molar-refractivity contribution is 9.10. The number of benzene rings is 3. The first kappa shape index (κ1) is 23.2. The molecule has 32 heavy (non-hydrogen) atoms. The molecule has 3 rings (SSSR count). The molecule has 0 saturated carbocycles. The second-order valence-corrected chi connectivity index (χ2v) is 8.05. The average molecular weight is 515 g/mol. The Morgan fingerprint density at radius 1 is 1.06 bits per heavy atom. The van der Waals surface area contributed by atoms with Crippen LogP contribution in [0.3, 0.4) is 0 Å². The van der Waals surface area contributed by atoms with Crippen molar-refractivity contribution >= 4 is 56.8 Å². The standard InChI is InChI=1S/C23H17BrClN3O4/c1-14-9-10-16(25)13-20(14)26-23(30)21(12-15-5-4-6-17(11-15)28(31)32)27-22(29)18-7-2-3-8-19(18)24/h2-13H,1H3,(H,26,30)(H,27,29). The van der Waals surface area contributed by atoms with Gasteiger partial charge in [-0.1, -0.05) is 41.9 Å².